The molecular weight excluding hydrogens is 255 g/mol. The Kier molecular flexibility index (Phi) is 5.30. The van der Waals surface area contributed by atoms with Crippen LogP contribution >= 0.6 is 15.9 Å². The van der Waals surface area contributed by atoms with E-state index in [1.165, 1.54) is 37.0 Å². The van der Waals surface area contributed by atoms with Gasteiger partial charge in [0.05, 0.1) is 0 Å². The van der Waals surface area contributed by atoms with E-state index in [1.807, 2.05) is 12.1 Å². The Morgan fingerprint density at radius 3 is 2.40 bits per heavy atom. The van der Waals surface area contributed by atoms with Crippen molar-refractivity contribution in [2.45, 2.75) is 37.9 Å². The van der Waals surface area contributed by atoms with Gasteiger partial charge in [-0.2, -0.15) is 0 Å². The monoisotopic (exact) mass is 272 g/mol. The molecule has 0 N–H and O–H groups in total. The number of halogens is 2. The summed E-state index contributed by atoms with van der Waals surface area (Å²) >= 11 is 3.68. The van der Waals surface area contributed by atoms with Crippen LogP contribution in [0.25, 0.3) is 0 Å². The predicted molar refractivity (Wildman–Crippen MR) is 66.8 cm³/mol. The van der Waals surface area contributed by atoms with Gasteiger partial charge in [-0.15, -0.1) is 0 Å². The van der Waals surface area contributed by atoms with E-state index in [4.69, 9.17) is 0 Å². The van der Waals surface area contributed by atoms with Crippen molar-refractivity contribution < 1.29 is 4.39 Å². The Bertz CT molecular complexity index is 281. The second-order valence-corrected chi connectivity index (χ2v) is 5.06. The molecule has 0 nitrogen and oxygen atoms in total. The van der Waals surface area contributed by atoms with Gasteiger partial charge in [0.25, 0.3) is 0 Å². The minimum absolute atomic E-state index is 0.167. The van der Waals surface area contributed by atoms with Crippen LogP contribution in [0.1, 0.15) is 43.5 Å². The largest absolute Gasteiger partial charge is 0.207 e. The topological polar surface area (TPSA) is 0 Å². The first kappa shape index (κ1) is 12.7. The van der Waals surface area contributed by atoms with E-state index in [1.54, 1.807) is 0 Å². The number of benzene rings is 1. The molecule has 2 heteroatoms. The summed E-state index contributed by atoms with van der Waals surface area (Å²) in [6.07, 6.45) is 3.70. The molecule has 84 valence electrons. The zero-order valence-electron chi connectivity index (χ0n) is 9.34. The van der Waals surface area contributed by atoms with Crippen molar-refractivity contribution in [2.24, 2.45) is 5.92 Å². The normalized spacial score (nSPS) is 14.9. The van der Waals surface area contributed by atoms with Crippen molar-refractivity contribution in [3.05, 3.63) is 35.6 Å². The van der Waals surface area contributed by atoms with Crippen LogP contribution in [0.5, 0.6) is 0 Å². The van der Waals surface area contributed by atoms with E-state index in [2.05, 4.69) is 29.8 Å². The molecule has 0 aromatic heterocycles. The van der Waals surface area contributed by atoms with E-state index in [9.17, 15) is 4.39 Å². The third kappa shape index (κ3) is 3.94. The summed E-state index contributed by atoms with van der Waals surface area (Å²) in [5.74, 6) is 0.426. The zero-order valence-corrected chi connectivity index (χ0v) is 10.9. The smallest absolute Gasteiger partial charge is 0.123 e. The molecule has 0 bridgehead atoms. The molecule has 0 amide bonds. The molecular formula is C13H18BrF. The lowest BCUT2D eigenvalue weighted by molar-refractivity contribution is 0.499. The van der Waals surface area contributed by atoms with Crippen molar-refractivity contribution in [1.82, 2.24) is 0 Å². The number of hydrogen-bond donors (Lipinski definition) is 0. The Hall–Kier alpha value is -0.370. The molecule has 0 aliphatic rings. The van der Waals surface area contributed by atoms with Crippen LogP contribution in [0.4, 0.5) is 4.39 Å². The molecule has 0 aliphatic heterocycles. The molecule has 1 aromatic carbocycles. The highest BCUT2D eigenvalue weighted by Crippen LogP contribution is 2.33. The number of alkyl halides is 1. The fraction of sp³-hybridized carbons (Fsp3) is 0.538. The molecule has 0 spiro atoms. The lowest BCUT2D eigenvalue weighted by Gasteiger charge is -2.18. The van der Waals surface area contributed by atoms with Gasteiger partial charge < -0.3 is 0 Å². The van der Waals surface area contributed by atoms with Gasteiger partial charge in [0, 0.05) is 4.83 Å². The molecule has 1 aromatic rings. The van der Waals surface area contributed by atoms with Crippen molar-refractivity contribution in [1.29, 1.82) is 0 Å². The van der Waals surface area contributed by atoms with Gasteiger partial charge in [-0.1, -0.05) is 54.8 Å². The molecule has 0 saturated heterocycles. The lowest BCUT2D eigenvalue weighted by atomic mass is 9.96. The minimum atomic E-state index is -0.167. The maximum Gasteiger partial charge on any atom is 0.123 e. The number of unbranched alkanes of at least 4 members (excludes halogenated alkanes) is 1. The quantitative estimate of drug-likeness (QED) is 0.655. The summed E-state index contributed by atoms with van der Waals surface area (Å²) in [6, 6.07) is 6.76. The molecule has 0 heterocycles. The van der Waals surface area contributed by atoms with Crippen LogP contribution in [0.15, 0.2) is 24.3 Å². The van der Waals surface area contributed by atoms with Gasteiger partial charge in [0.1, 0.15) is 5.82 Å². The molecule has 0 fully saturated rings. The first-order chi connectivity index (χ1) is 7.15. The molecule has 2 unspecified atom stereocenters. The van der Waals surface area contributed by atoms with Crippen LogP contribution < -0.4 is 0 Å². The third-order valence-electron chi connectivity index (χ3n) is 2.70. The Balaban J connectivity index is 2.59. The van der Waals surface area contributed by atoms with Gasteiger partial charge >= 0.3 is 0 Å². The highest BCUT2D eigenvalue weighted by molar-refractivity contribution is 9.09. The van der Waals surface area contributed by atoms with E-state index in [0.717, 1.165) is 0 Å². The molecule has 0 saturated carbocycles. The third-order valence-corrected chi connectivity index (χ3v) is 4.13. The van der Waals surface area contributed by atoms with Crippen molar-refractivity contribution in [2.75, 3.05) is 0 Å². The van der Waals surface area contributed by atoms with Crippen molar-refractivity contribution in [3.63, 3.8) is 0 Å². The Morgan fingerprint density at radius 1 is 1.27 bits per heavy atom. The lowest BCUT2D eigenvalue weighted by Crippen LogP contribution is -2.03. The number of rotatable bonds is 5. The molecule has 0 radical (unpaired) electrons. The van der Waals surface area contributed by atoms with E-state index >= 15 is 0 Å². The van der Waals surface area contributed by atoms with Crippen LogP contribution in [0, 0.1) is 11.7 Å². The van der Waals surface area contributed by atoms with Crippen LogP contribution in [0.2, 0.25) is 0 Å². The van der Waals surface area contributed by atoms with E-state index < -0.39 is 0 Å². The average Bonchev–Trinajstić information content (AvgIpc) is 2.26. The van der Waals surface area contributed by atoms with Gasteiger partial charge in [-0.3, -0.25) is 0 Å². The maximum atomic E-state index is 12.7. The molecule has 15 heavy (non-hydrogen) atoms. The first-order valence-corrected chi connectivity index (χ1v) is 6.46. The zero-order chi connectivity index (χ0) is 11.3. The molecule has 2 atom stereocenters. The molecule has 0 aliphatic carbocycles. The first-order valence-electron chi connectivity index (χ1n) is 5.54. The fourth-order valence-corrected chi connectivity index (χ4v) is 2.22. The van der Waals surface area contributed by atoms with Gasteiger partial charge in [0.15, 0.2) is 0 Å². The predicted octanol–water partition coefficient (Wildman–Crippen LogP) is 5.09. The van der Waals surface area contributed by atoms with Gasteiger partial charge in [-0.05, 0) is 30.0 Å². The Labute approximate surface area is 100 Å². The Morgan fingerprint density at radius 2 is 1.87 bits per heavy atom. The second kappa shape index (κ2) is 6.26. The summed E-state index contributed by atoms with van der Waals surface area (Å²) in [5.41, 5.74) is 1.17. The second-order valence-electron chi connectivity index (χ2n) is 4.07. The number of hydrogen-bond acceptors (Lipinski definition) is 0. The van der Waals surface area contributed by atoms with Crippen LogP contribution in [0.3, 0.4) is 0 Å². The van der Waals surface area contributed by atoms with Gasteiger partial charge in [0.2, 0.25) is 0 Å². The highest BCUT2D eigenvalue weighted by Gasteiger charge is 2.15. The summed E-state index contributed by atoms with van der Waals surface area (Å²) in [7, 11) is 0. The fourth-order valence-electron chi connectivity index (χ4n) is 1.65. The highest BCUT2D eigenvalue weighted by atomic mass is 79.9. The SMILES string of the molecule is CCCCC(C)C(Br)c1ccc(F)cc1. The average molecular weight is 273 g/mol. The summed E-state index contributed by atoms with van der Waals surface area (Å²) in [4.78, 5) is 0.338. The van der Waals surface area contributed by atoms with Gasteiger partial charge in [-0.25, -0.2) is 4.39 Å². The van der Waals surface area contributed by atoms with E-state index in [0.29, 0.717) is 10.7 Å². The van der Waals surface area contributed by atoms with Crippen LogP contribution in [-0.2, 0) is 0 Å². The maximum absolute atomic E-state index is 12.7. The summed E-state index contributed by atoms with van der Waals surface area (Å²) in [5, 5.41) is 0. The van der Waals surface area contributed by atoms with Crippen molar-refractivity contribution >= 4 is 15.9 Å². The summed E-state index contributed by atoms with van der Waals surface area (Å²) < 4.78 is 12.7. The van der Waals surface area contributed by atoms with Crippen LogP contribution in [-0.4, -0.2) is 0 Å². The van der Waals surface area contributed by atoms with E-state index in [-0.39, 0.29) is 5.82 Å². The summed E-state index contributed by atoms with van der Waals surface area (Å²) in [6.45, 7) is 4.44. The minimum Gasteiger partial charge on any atom is -0.207 e. The molecule has 1 rings (SSSR count). The van der Waals surface area contributed by atoms with Crippen molar-refractivity contribution in [3.8, 4) is 0 Å². The standard InChI is InChI=1S/C13H18BrF/c1-3-4-5-10(2)13(14)11-6-8-12(15)9-7-11/h6-10,13H,3-5H2,1-2H3.